The molecule has 4 heteroatoms. The molecular formula is C17H16BrClN2. The van der Waals surface area contributed by atoms with E-state index in [1.54, 1.807) is 0 Å². The monoisotopic (exact) mass is 362 g/mol. The van der Waals surface area contributed by atoms with Gasteiger partial charge in [-0.3, -0.25) is 4.99 Å². The normalized spacial score (nSPS) is 13.9. The second-order valence-electron chi connectivity index (χ2n) is 5.05. The molecule has 1 aliphatic heterocycles. The van der Waals surface area contributed by atoms with E-state index in [-0.39, 0.29) is 0 Å². The Morgan fingerprint density at radius 2 is 1.90 bits per heavy atom. The Bertz CT molecular complexity index is 682. The molecule has 1 N–H and O–H groups in total. The lowest BCUT2D eigenvalue weighted by Crippen LogP contribution is -2.21. The fourth-order valence-electron chi connectivity index (χ4n) is 2.55. The van der Waals surface area contributed by atoms with Crippen LogP contribution in [0, 0.1) is 0 Å². The lowest BCUT2D eigenvalue weighted by molar-refractivity contribution is 0.945. The van der Waals surface area contributed by atoms with Gasteiger partial charge in [-0.05, 0) is 42.2 Å². The molecule has 0 saturated carbocycles. The number of benzene rings is 2. The summed E-state index contributed by atoms with van der Waals surface area (Å²) in [5, 5.41) is 4.17. The lowest BCUT2D eigenvalue weighted by atomic mass is 9.99. The van der Waals surface area contributed by atoms with Crippen LogP contribution < -0.4 is 5.32 Å². The minimum Gasteiger partial charge on any atom is -0.368 e. The van der Waals surface area contributed by atoms with Gasteiger partial charge in [-0.2, -0.15) is 0 Å². The Labute approximate surface area is 138 Å². The summed E-state index contributed by atoms with van der Waals surface area (Å²) in [7, 11) is 0. The van der Waals surface area contributed by atoms with Crippen molar-refractivity contribution in [1.82, 2.24) is 5.32 Å². The molecule has 21 heavy (non-hydrogen) atoms. The van der Waals surface area contributed by atoms with Crippen LogP contribution in [0.2, 0.25) is 5.02 Å². The van der Waals surface area contributed by atoms with Gasteiger partial charge in [0.2, 0.25) is 0 Å². The molecule has 0 radical (unpaired) electrons. The molecule has 0 bridgehead atoms. The molecule has 0 aromatic heterocycles. The van der Waals surface area contributed by atoms with Gasteiger partial charge in [-0.25, -0.2) is 0 Å². The van der Waals surface area contributed by atoms with Gasteiger partial charge in [0, 0.05) is 21.6 Å². The predicted molar refractivity (Wildman–Crippen MR) is 92.4 cm³/mol. The zero-order chi connectivity index (χ0) is 14.7. The molecule has 2 aromatic carbocycles. The topological polar surface area (TPSA) is 24.4 Å². The van der Waals surface area contributed by atoms with Gasteiger partial charge < -0.3 is 5.32 Å². The van der Waals surface area contributed by atoms with Crippen LogP contribution in [-0.4, -0.2) is 18.9 Å². The van der Waals surface area contributed by atoms with E-state index in [9.17, 15) is 0 Å². The molecule has 2 nitrogen and oxygen atoms in total. The van der Waals surface area contributed by atoms with E-state index >= 15 is 0 Å². The summed E-state index contributed by atoms with van der Waals surface area (Å²) in [6.07, 6.45) is 1.87. The molecule has 0 unspecified atom stereocenters. The second kappa shape index (κ2) is 6.63. The summed E-state index contributed by atoms with van der Waals surface area (Å²) in [5.74, 6) is 1.02. The molecule has 0 fully saturated rings. The van der Waals surface area contributed by atoms with Crippen molar-refractivity contribution in [2.24, 2.45) is 4.99 Å². The number of halogens is 2. The van der Waals surface area contributed by atoms with Gasteiger partial charge in [0.25, 0.3) is 0 Å². The molecule has 0 atom stereocenters. The van der Waals surface area contributed by atoms with Crippen LogP contribution >= 0.6 is 27.5 Å². The molecule has 0 spiro atoms. The number of aryl methyl sites for hydroxylation is 2. The number of aliphatic imine (C=N–C) groups is 1. The number of hydrogen-bond acceptors (Lipinski definition) is 2. The Hall–Kier alpha value is -1.32. The number of hydrogen-bond donors (Lipinski definition) is 1. The molecule has 0 saturated heterocycles. The summed E-state index contributed by atoms with van der Waals surface area (Å²) >= 11 is 9.78. The van der Waals surface area contributed by atoms with Gasteiger partial charge in [-0.15, -0.1) is 0 Å². The third-order valence-electron chi connectivity index (χ3n) is 3.62. The molecule has 0 amide bonds. The number of amidine groups is 1. The summed E-state index contributed by atoms with van der Waals surface area (Å²) in [6, 6.07) is 14.5. The van der Waals surface area contributed by atoms with E-state index in [2.05, 4.69) is 56.6 Å². The summed E-state index contributed by atoms with van der Waals surface area (Å²) < 4.78 is 1.07. The largest absolute Gasteiger partial charge is 0.368 e. The van der Waals surface area contributed by atoms with Gasteiger partial charge in [-0.1, -0.05) is 51.8 Å². The van der Waals surface area contributed by atoms with Crippen LogP contribution in [0.1, 0.15) is 16.7 Å². The van der Waals surface area contributed by atoms with Gasteiger partial charge in [0.05, 0.1) is 6.54 Å². The Kier molecular flexibility index (Phi) is 4.61. The highest BCUT2D eigenvalue weighted by molar-refractivity contribution is 9.10. The molecular weight excluding hydrogens is 348 g/mol. The van der Waals surface area contributed by atoms with Crippen LogP contribution in [0.3, 0.4) is 0 Å². The van der Waals surface area contributed by atoms with Gasteiger partial charge >= 0.3 is 0 Å². The first kappa shape index (κ1) is 14.6. The number of nitrogens with zero attached hydrogens (tertiary/aromatic N) is 1. The Morgan fingerprint density at radius 1 is 1.10 bits per heavy atom. The number of nitrogens with one attached hydrogen (secondary N) is 1. The first-order valence-corrected chi connectivity index (χ1v) is 8.21. The molecule has 3 rings (SSSR count). The van der Waals surface area contributed by atoms with Crippen molar-refractivity contribution in [3.63, 3.8) is 0 Å². The summed E-state index contributed by atoms with van der Waals surface area (Å²) in [6.45, 7) is 1.79. The van der Waals surface area contributed by atoms with Crippen LogP contribution in [0.4, 0.5) is 0 Å². The maximum absolute atomic E-state index is 6.27. The van der Waals surface area contributed by atoms with Crippen molar-refractivity contribution in [3.05, 3.63) is 68.7 Å². The SMILES string of the molecule is Clc1ccc(Br)cc1CCc1ccccc1C1=NCCN1. The number of rotatable bonds is 4. The van der Waals surface area contributed by atoms with Crippen molar-refractivity contribution in [2.45, 2.75) is 12.8 Å². The quantitative estimate of drug-likeness (QED) is 0.863. The Morgan fingerprint density at radius 3 is 2.71 bits per heavy atom. The minimum atomic E-state index is 0.826. The zero-order valence-corrected chi connectivity index (χ0v) is 13.9. The molecule has 1 heterocycles. The predicted octanol–water partition coefficient (Wildman–Crippen LogP) is 4.24. The fourth-order valence-corrected chi connectivity index (χ4v) is 3.17. The first-order valence-electron chi connectivity index (χ1n) is 7.04. The Balaban J connectivity index is 1.81. The van der Waals surface area contributed by atoms with E-state index in [1.165, 1.54) is 16.7 Å². The van der Waals surface area contributed by atoms with Crippen molar-refractivity contribution in [2.75, 3.05) is 13.1 Å². The van der Waals surface area contributed by atoms with Crippen LogP contribution in [0.15, 0.2) is 51.9 Å². The third-order valence-corrected chi connectivity index (χ3v) is 4.48. The average molecular weight is 364 g/mol. The standard InChI is InChI=1S/C17H16BrClN2/c18-14-7-8-16(19)13(11-14)6-5-12-3-1-2-4-15(12)17-20-9-10-21-17/h1-4,7-8,11H,5-6,9-10H2,(H,20,21). The van der Waals surface area contributed by atoms with Crippen molar-refractivity contribution < 1.29 is 0 Å². The molecule has 108 valence electrons. The van der Waals surface area contributed by atoms with Crippen LogP contribution in [-0.2, 0) is 12.8 Å². The highest BCUT2D eigenvalue weighted by Gasteiger charge is 2.12. The molecule has 2 aromatic rings. The van der Waals surface area contributed by atoms with E-state index in [4.69, 9.17) is 11.6 Å². The van der Waals surface area contributed by atoms with E-state index in [0.717, 1.165) is 41.3 Å². The van der Waals surface area contributed by atoms with Crippen molar-refractivity contribution in [1.29, 1.82) is 0 Å². The maximum atomic E-state index is 6.27. The molecule has 1 aliphatic rings. The highest BCUT2D eigenvalue weighted by atomic mass is 79.9. The van der Waals surface area contributed by atoms with Crippen LogP contribution in [0.25, 0.3) is 0 Å². The molecule has 0 aliphatic carbocycles. The summed E-state index contributed by atoms with van der Waals surface area (Å²) in [4.78, 5) is 4.53. The smallest absolute Gasteiger partial charge is 0.128 e. The second-order valence-corrected chi connectivity index (χ2v) is 6.37. The van der Waals surface area contributed by atoms with E-state index < -0.39 is 0 Å². The maximum Gasteiger partial charge on any atom is 0.128 e. The average Bonchev–Trinajstić information content (AvgIpc) is 3.03. The van der Waals surface area contributed by atoms with Crippen molar-refractivity contribution in [3.8, 4) is 0 Å². The highest BCUT2D eigenvalue weighted by Crippen LogP contribution is 2.23. The third kappa shape index (κ3) is 3.47. The van der Waals surface area contributed by atoms with Crippen molar-refractivity contribution >= 4 is 33.4 Å². The zero-order valence-electron chi connectivity index (χ0n) is 11.6. The summed E-state index contributed by atoms with van der Waals surface area (Å²) in [5.41, 5.74) is 3.69. The van der Waals surface area contributed by atoms with Gasteiger partial charge in [0.15, 0.2) is 0 Å². The first-order chi connectivity index (χ1) is 10.2. The lowest BCUT2D eigenvalue weighted by Gasteiger charge is -2.11. The van der Waals surface area contributed by atoms with E-state index in [0.29, 0.717) is 0 Å². The van der Waals surface area contributed by atoms with Gasteiger partial charge in [0.1, 0.15) is 5.84 Å². The van der Waals surface area contributed by atoms with Crippen LogP contribution in [0.5, 0.6) is 0 Å². The minimum absolute atomic E-state index is 0.826. The fraction of sp³-hybridized carbons (Fsp3) is 0.235. The van der Waals surface area contributed by atoms with E-state index in [1.807, 2.05) is 12.1 Å².